The number of hydrogen-bond acceptors (Lipinski definition) is 4. The number of hydrogen-bond donors (Lipinski definition) is 1. The molecule has 0 atom stereocenters. The second kappa shape index (κ2) is 5.95. The summed E-state index contributed by atoms with van der Waals surface area (Å²) in [6, 6.07) is 0. The molecule has 2 rings (SSSR count). The molecule has 1 aliphatic heterocycles. The summed E-state index contributed by atoms with van der Waals surface area (Å²) < 4.78 is 0. The lowest BCUT2D eigenvalue weighted by Crippen LogP contribution is -2.39. The number of halogens is 1. The molecule has 106 valence electrons. The summed E-state index contributed by atoms with van der Waals surface area (Å²) in [5, 5.41) is 3.77. The standard InChI is InChI=1S/C14H23ClN4/c1-4-14(3)6-8-19(9-7-14)12-11(15)10-17-13(18-12)16-5-2/h10H,4-9H2,1-3H3,(H,16,17,18). The summed E-state index contributed by atoms with van der Waals surface area (Å²) >= 11 is 6.24. The molecule has 0 aromatic carbocycles. The highest BCUT2D eigenvalue weighted by Gasteiger charge is 2.29. The number of aromatic nitrogens is 2. The van der Waals surface area contributed by atoms with Crippen LogP contribution in [-0.2, 0) is 0 Å². The molecule has 0 bridgehead atoms. The first-order chi connectivity index (χ1) is 9.08. The lowest BCUT2D eigenvalue weighted by Gasteiger charge is -2.39. The van der Waals surface area contributed by atoms with Crippen LogP contribution in [0.1, 0.15) is 40.0 Å². The fraction of sp³-hybridized carbons (Fsp3) is 0.714. The predicted octanol–water partition coefficient (Wildman–Crippen LogP) is 3.58. The van der Waals surface area contributed by atoms with Crippen LogP contribution in [0.25, 0.3) is 0 Å². The van der Waals surface area contributed by atoms with Gasteiger partial charge in [0.1, 0.15) is 5.02 Å². The predicted molar refractivity (Wildman–Crippen MR) is 81.1 cm³/mol. The quantitative estimate of drug-likeness (QED) is 0.916. The maximum atomic E-state index is 6.24. The molecule has 0 aliphatic carbocycles. The van der Waals surface area contributed by atoms with Crippen LogP contribution in [0, 0.1) is 5.41 Å². The average Bonchev–Trinajstić information content (AvgIpc) is 2.42. The molecule has 2 heterocycles. The minimum Gasteiger partial charge on any atom is -0.355 e. The lowest BCUT2D eigenvalue weighted by molar-refractivity contribution is 0.238. The van der Waals surface area contributed by atoms with Crippen molar-refractivity contribution in [2.75, 3.05) is 29.9 Å². The molecule has 0 saturated carbocycles. The van der Waals surface area contributed by atoms with E-state index in [9.17, 15) is 0 Å². The monoisotopic (exact) mass is 282 g/mol. The molecule has 1 aromatic heterocycles. The fourth-order valence-electron chi connectivity index (χ4n) is 2.44. The maximum absolute atomic E-state index is 6.24. The summed E-state index contributed by atoms with van der Waals surface area (Å²) in [5.41, 5.74) is 0.473. The minimum atomic E-state index is 0.473. The van der Waals surface area contributed by atoms with Gasteiger partial charge in [-0.25, -0.2) is 4.98 Å². The van der Waals surface area contributed by atoms with Crippen molar-refractivity contribution in [3.63, 3.8) is 0 Å². The molecule has 19 heavy (non-hydrogen) atoms. The zero-order valence-electron chi connectivity index (χ0n) is 12.0. The molecule has 0 radical (unpaired) electrons. The highest BCUT2D eigenvalue weighted by Crippen LogP contribution is 2.36. The first-order valence-electron chi connectivity index (χ1n) is 7.09. The minimum absolute atomic E-state index is 0.473. The largest absolute Gasteiger partial charge is 0.355 e. The molecule has 0 amide bonds. The van der Waals surface area contributed by atoms with Crippen LogP contribution < -0.4 is 10.2 Å². The third-order valence-corrected chi connectivity index (χ3v) is 4.45. The fourth-order valence-corrected chi connectivity index (χ4v) is 2.65. The van der Waals surface area contributed by atoms with Gasteiger partial charge in [0, 0.05) is 19.6 Å². The van der Waals surface area contributed by atoms with E-state index in [1.165, 1.54) is 19.3 Å². The first-order valence-corrected chi connectivity index (χ1v) is 7.47. The zero-order chi connectivity index (χ0) is 13.9. The van der Waals surface area contributed by atoms with Gasteiger partial charge in [0.15, 0.2) is 5.82 Å². The Morgan fingerprint density at radius 2 is 2.05 bits per heavy atom. The number of nitrogens with one attached hydrogen (secondary N) is 1. The van der Waals surface area contributed by atoms with Gasteiger partial charge in [-0.05, 0) is 25.2 Å². The van der Waals surface area contributed by atoms with E-state index in [-0.39, 0.29) is 0 Å². The van der Waals surface area contributed by atoms with Gasteiger partial charge in [0.2, 0.25) is 5.95 Å². The van der Waals surface area contributed by atoms with Crippen LogP contribution in [-0.4, -0.2) is 29.6 Å². The van der Waals surface area contributed by atoms with Gasteiger partial charge in [-0.15, -0.1) is 0 Å². The molecule has 1 aromatic rings. The molecule has 0 spiro atoms. The second-order valence-corrected chi connectivity index (χ2v) is 5.95. The van der Waals surface area contributed by atoms with Crippen LogP contribution in [0.4, 0.5) is 11.8 Å². The Kier molecular flexibility index (Phi) is 4.50. The van der Waals surface area contributed by atoms with E-state index in [1.54, 1.807) is 6.20 Å². The highest BCUT2D eigenvalue weighted by atomic mass is 35.5. The Hall–Kier alpha value is -1.03. The van der Waals surface area contributed by atoms with Crippen molar-refractivity contribution in [3.05, 3.63) is 11.2 Å². The van der Waals surface area contributed by atoms with Gasteiger partial charge in [0.05, 0.1) is 6.20 Å². The van der Waals surface area contributed by atoms with Gasteiger partial charge >= 0.3 is 0 Å². The summed E-state index contributed by atoms with van der Waals surface area (Å²) in [5.74, 6) is 1.52. The van der Waals surface area contributed by atoms with Gasteiger partial charge in [-0.2, -0.15) is 4.98 Å². The third kappa shape index (κ3) is 3.30. The Bertz CT molecular complexity index is 427. The number of rotatable bonds is 4. The van der Waals surface area contributed by atoms with E-state index >= 15 is 0 Å². The molecule has 4 nitrogen and oxygen atoms in total. The third-order valence-electron chi connectivity index (χ3n) is 4.18. The van der Waals surface area contributed by atoms with Gasteiger partial charge in [-0.1, -0.05) is 31.9 Å². The van der Waals surface area contributed by atoms with Crippen molar-refractivity contribution in [2.24, 2.45) is 5.41 Å². The van der Waals surface area contributed by atoms with E-state index in [4.69, 9.17) is 11.6 Å². The maximum Gasteiger partial charge on any atom is 0.224 e. The topological polar surface area (TPSA) is 41.1 Å². The van der Waals surface area contributed by atoms with E-state index in [1.807, 2.05) is 6.92 Å². The first kappa shape index (κ1) is 14.4. The van der Waals surface area contributed by atoms with Crippen molar-refractivity contribution >= 4 is 23.4 Å². The Balaban J connectivity index is 2.12. The van der Waals surface area contributed by atoms with Gasteiger partial charge in [0.25, 0.3) is 0 Å². The molecular formula is C14H23ClN4. The van der Waals surface area contributed by atoms with E-state index in [0.29, 0.717) is 16.4 Å². The second-order valence-electron chi connectivity index (χ2n) is 5.55. The van der Waals surface area contributed by atoms with Crippen molar-refractivity contribution in [2.45, 2.75) is 40.0 Å². The summed E-state index contributed by atoms with van der Waals surface area (Å²) in [7, 11) is 0. The zero-order valence-corrected chi connectivity index (χ0v) is 12.8. The Morgan fingerprint density at radius 1 is 1.37 bits per heavy atom. The van der Waals surface area contributed by atoms with Gasteiger partial charge < -0.3 is 10.2 Å². The summed E-state index contributed by atoms with van der Waals surface area (Å²) in [6.45, 7) is 9.53. The van der Waals surface area contributed by atoms with Crippen LogP contribution in [0.5, 0.6) is 0 Å². The number of piperidine rings is 1. The van der Waals surface area contributed by atoms with Crippen LogP contribution in [0.15, 0.2) is 6.20 Å². The summed E-state index contributed by atoms with van der Waals surface area (Å²) in [6.07, 6.45) is 5.32. The summed E-state index contributed by atoms with van der Waals surface area (Å²) in [4.78, 5) is 11.0. The van der Waals surface area contributed by atoms with E-state index in [2.05, 4.69) is 34.0 Å². The van der Waals surface area contributed by atoms with Crippen molar-refractivity contribution in [3.8, 4) is 0 Å². The molecule has 1 N–H and O–H groups in total. The molecule has 5 heteroatoms. The van der Waals surface area contributed by atoms with Crippen LogP contribution >= 0.6 is 11.6 Å². The SMILES string of the molecule is CCNc1ncc(Cl)c(N2CCC(C)(CC)CC2)n1. The molecular weight excluding hydrogens is 260 g/mol. The van der Waals surface area contributed by atoms with Crippen molar-refractivity contribution < 1.29 is 0 Å². The number of nitrogens with zero attached hydrogens (tertiary/aromatic N) is 3. The Morgan fingerprint density at radius 3 is 2.63 bits per heavy atom. The van der Waals surface area contributed by atoms with Crippen molar-refractivity contribution in [1.82, 2.24) is 9.97 Å². The molecule has 1 saturated heterocycles. The lowest BCUT2D eigenvalue weighted by atomic mass is 9.78. The smallest absolute Gasteiger partial charge is 0.224 e. The van der Waals surface area contributed by atoms with Crippen LogP contribution in [0.3, 0.4) is 0 Å². The normalized spacial score (nSPS) is 18.4. The van der Waals surface area contributed by atoms with E-state index in [0.717, 1.165) is 25.5 Å². The van der Waals surface area contributed by atoms with Crippen molar-refractivity contribution in [1.29, 1.82) is 0 Å². The highest BCUT2D eigenvalue weighted by molar-refractivity contribution is 6.32. The van der Waals surface area contributed by atoms with Gasteiger partial charge in [-0.3, -0.25) is 0 Å². The van der Waals surface area contributed by atoms with Crippen LogP contribution in [0.2, 0.25) is 5.02 Å². The Labute approximate surface area is 120 Å². The number of anilines is 2. The molecule has 1 aliphatic rings. The molecule has 1 fully saturated rings. The molecule has 0 unspecified atom stereocenters. The van der Waals surface area contributed by atoms with E-state index < -0.39 is 0 Å². The average molecular weight is 283 g/mol.